The zero-order valence-electron chi connectivity index (χ0n) is 10.5. The number of rotatable bonds is 4. The maximum Gasteiger partial charge on any atom is 0.197 e. The monoisotopic (exact) mass is 255 g/mol. The van der Waals surface area contributed by atoms with Gasteiger partial charge in [0, 0.05) is 6.04 Å². The molecule has 1 heterocycles. The molecule has 0 aliphatic heterocycles. The second kappa shape index (κ2) is 5.58. The predicted octanol–water partition coefficient (Wildman–Crippen LogP) is 3.11. The van der Waals surface area contributed by atoms with Gasteiger partial charge in [-0.05, 0) is 30.3 Å². The van der Waals surface area contributed by atoms with Gasteiger partial charge in [0.1, 0.15) is 0 Å². The van der Waals surface area contributed by atoms with Gasteiger partial charge in [-0.1, -0.05) is 26.2 Å². The van der Waals surface area contributed by atoms with E-state index in [1.54, 1.807) is 7.11 Å². The maximum atomic E-state index is 5.76. The van der Waals surface area contributed by atoms with E-state index in [2.05, 4.69) is 16.6 Å². The molecule has 2 atom stereocenters. The Kier molecular flexibility index (Phi) is 4.10. The molecule has 4 nitrogen and oxygen atoms in total. The molecule has 1 aromatic rings. The number of nitrogens with one attached hydrogen (secondary N) is 1. The number of hydrogen-bond donors (Lipinski definition) is 2. The number of nitrogen functional groups attached to an aromatic ring is 1. The number of methoxy groups -OCH3 is 1. The lowest BCUT2D eigenvalue weighted by Gasteiger charge is -2.31. The summed E-state index contributed by atoms with van der Waals surface area (Å²) in [4.78, 5) is 0. The van der Waals surface area contributed by atoms with Crippen LogP contribution in [0.1, 0.15) is 39.0 Å². The molecule has 17 heavy (non-hydrogen) atoms. The van der Waals surface area contributed by atoms with Gasteiger partial charge in [-0.3, -0.25) is 0 Å². The highest BCUT2D eigenvalue weighted by molar-refractivity contribution is 7.11. The molecule has 1 saturated carbocycles. The molecule has 3 N–H and O–H groups in total. The Morgan fingerprint density at radius 2 is 2.24 bits per heavy atom. The van der Waals surface area contributed by atoms with Gasteiger partial charge in [0.2, 0.25) is 0 Å². The minimum atomic E-state index is 0.490. The van der Waals surface area contributed by atoms with Gasteiger partial charge in [-0.15, -0.1) is 0 Å². The number of anilines is 2. The quantitative estimate of drug-likeness (QED) is 0.868. The summed E-state index contributed by atoms with van der Waals surface area (Å²) in [5.74, 6) is 1.95. The van der Waals surface area contributed by atoms with Gasteiger partial charge in [-0.2, -0.15) is 4.37 Å². The molecule has 0 aromatic carbocycles. The Bertz CT molecular complexity index is 367. The average Bonchev–Trinajstić information content (AvgIpc) is 2.70. The number of ether oxygens (including phenoxy) is 1. The summed E-state index contributed by atoms with van der Waals surface area (Å²) in [6.45, 7) is 2.27. The Labute approximate surface area is 107 Å². The first-order chi connectivity index (χ1) is 8.26. The minimum absolute atomic E-state index is 0.490. The fraction of sp³-hybridized carbons (Fsp3) is 0.750. The van der Waals surface area contributed by atoms with E-state index in [4.69, 9.17) is 10.5 Å². The third kappa shape index (κ3) is 2.65. The Hall–Kier alpha value is -0.970. The highest BCUT2D eigenvalue weighted by Gasteiger charge is 2.25. The summed E-state index contributed by atoms with van der Waals surface area (Å²) in [6.07, 6.45) is 6.46. The Morgan fingerprint density at radius 3 is 2.94 bits per heavy atom. The van der Waals surface area contributed by atoms with E-state index in [-0.39, 0.29) is 0 Å². The third-order valence-corrected chi connectivity index (χ3v) is 4.40. The van der Waals surface area contributed by atoms with Gasteiger partial charge in [0.25, 0.3) is 0 Å². The molecular formula is C12H21N3OS. The molecule has 0 bridgehead atoms. The molecule has 0 amide bonds. The predicted molar refractivity (Wildman–Crippen MR) is 72.7 cm³/mol. The molecule has 1 aliphatic carbocycles. The molecule has 0 spiro atoms. The van der Waals surface area contributed by atoms with Crippen LogP contribution in [-0.2, 0) is 0 Å². The van der Waals surface area contributed by atoms with Crippen molar-refractivity contribution in [2.24, 2.45) is 5.92 Å². The summed E-state index contributed by atoms with van der Waals surface area (Å²) < 4.78 is 9.42. The van der Waals surface area contributed by atoms with Crippen molar-refractivity contribution in [2.75, 3.05) is 18.2 Å². The number of nitrogens with two attached hydrogens (primary N) is 1. The van der Waals surface area contributed by atoms with Crippen LogP contribution in [0.3, 0.4) is 0 Å². The molecule has 96 valence electrons. The standard InChI is InChI=1S/C12H21N3OS/c1-3-8-6-4-5-7-9(8)14-12-10(16-2)11(13)15-17-12/h8-9,14H,3-7H2,1-2H3,(H2,13,15). The molecule has 2 rings (SSSR count). The summed E-state index contributed by atoms with van der Waals surface area (Å²) in [5.41, 5.74) is 5.76. The molecule has 0 radical (unpaired) electrons. The smallest absolute Gasteiger partial charge is 0.197 e. The van der Waals surface area contributed by atoms with Crippen LogP contribution >= 0.6 is 11.5 Å². The molecule has 0 saturated heterocycles. The van der Waals surface area contributed by atoms with Crippen LogP contribution < -0.4 is 15.8 Å². The highest BCUT2D eigenvalue weighted by Crippen LogP contribution is 2.38. The van der Waals surface area contributed by atoms with Gasteiger partial charge in [0.15, 0.2) is 16.6 Å². The van der Waals surface area contributed by atoms with Gasteiger partial charge in [-0.25, -0.2) is 0 Å². The second-order valence-corrected chi connectivity index (χ2v) is 5.41. The van der Waals surface area contributed by atoms with Crippen LogP contribution in [0.15, 0.2) is 0 Å². The first-order valence-electron chi connectivity index (χ1n) is 6.32. The van der Waals surface area contributed by atoms with E-state index in [0.29, 0.717) is 17.6 Å². The van der Waals surface area contributed by atoms with Crippen molar-refractivity contribution in [1.29, 1.82) is 0 Å². The summed E-state index contributed by atoms with van der Waals surface area (Å²) in [7, 11) is 1.64. The Balaban J connectivity index is 2.08. The zero-order chi connectivity index (χ0) is 12.3. The number of nitrogens with zero attached hydrogens (tertiary/aromatic N) is 1. The van der Waals surface area contributed by atoms with E-state index in [1.807, 2.05) is 0 Å². The van der Waals surface area contributed by atoms with Gasteiger partial charge >= 0.3 is 0 Å². The normalized spacial score (nSPS) is 24.6. The lowest BCUT2D eigenvalue weighted by atomic mass is 9.83. The molecule has 2 unspecified atom stereocenters. The Morgan fingerprint density at radius 1 is 1.47 bits per heavy atom. The van der Waals surface area contributed by atoms with Crippen molar-refractivity contribution >= 4 is 22.4 Å². The van der Waals surface area contributed by atoms with Crippen molar-refractivity contribution in [1.82, 2.24) is 4.37 Å². The number of hydrogen-bond acceptors (Lipinski definition) is 5. The van der Waals surface area contributed by atoms with E-state index < -0.39 is 0 Å². The van der Waals surface area contributed by atoms with Crippen molar-refractivity contribution in [3.63, 3.8) is 0 Å². The first kappa shape index (κ1) is 12.5. The van der Waals surface area contributed by atoms with Crippen LogP contribution in [0.4, 0.5) is 10.8 Å². The van der Waals surface area contributed by atoms with Crippen molar-refractivity contribution in [3.8, 4) is 5.75 Å². The summed E-state index contributed by atoms with van der Waals surface area (Å²) in [5, 5.41) is 4.56. The summed E-state index contributed by atoms with van der Waals surface area (Å²) in [6, 6.07) is 0.544. The number of aromatic nitrogens is 1. The van der Waals surface area contributed by atoms with Crippen LogP contribution in [0.25, 0.3) is 0 Å². The van der Waals surface area contributed by atoms with Crippen LogP contribution in [0, 0.1) is 5.92 Å². The molecular weight excluding hydrogens is 234 g/mol. The van der Waals surface area contributed by atoms with E-state index in [0.717, 1.165) is 10.9 Å². The van der Waals surface area contributed by atoms with Crippen molar-refractivity contribution in [3.05, 3.63) is 0 Å². The van der Waals surface area contributed by atoms with Gasteiger partial charge in [0.05, 0.1) is 7.11 Å². The van der Waals surface area contributed by atoms with Gasteiger partial charge < -0.3 is 15.8 Å². The summed E-state index contributed by atoms with van der Waals surface area (Å²) >= 11 is 1.40. The fourth-order valence-electron chi connectivity index (χ4n) is 2.64. The zero-order valence-corrected chi connectivity index (χ0v) is 11.3. The SMILES string of the molecule is CCC1CCCCC1Nc1snc(N)c1OC. The van der Waals surface area contributed by atoms with E-state index >= 15 is 0 Å². The topological polar surface area (TPSA) is 60.2 Å². The average molecular weight is 255 g/mol. The van der Waals surface area contributed by atoms with Crippen molar-refractivity contribution in [2.45, 2.75) is 45.1 Å². The third-order valence-electron chi connectivity index (χ3n) is 3.63. The fourth-order valence-corrected chi connectivity index (χ4v) is 3.39. The van der Waals surface area contributed by atoms with Crippen molar-refractivity contribution < 1.29 is 4.74 Å². The van der Waals surface area contributed by atoms with Crippen LogP contribution in [-0.4, -0.2) is 17.5 Å². The second-order valence-electron chi connectivity index (χ2n) is 4.63. The van der Waals surface area contributed by atoms with Crippen LogP contribution in [0.2, 0.25) is 0 Å². The minimum Gasteiger partial charge on any atom is -0.490 e. The highest BCUT2D eigenvalue weighted by atomic mass is 32.1. The lowest BCUT2D eigenvalue weighted by molar-refractivity contribution is 0.316. The van der Waals surface area contributed by atoms with E-state index in [1.165, 1.54) is 43.6 Å². The lowest BCUT2D eigenvalue weighted by Crippen LogP contribution is -2.31. The largest absolute Gasteiger partial charge is 0.490 e. The maximum absolute atomic E-state index is 5.76. The molecule has 1 fully saturated rings. The molecule has 5 heteroatoms. The van der Waals surface area contributed by atoms with E-state index in [9.17, 15) is 0 Å². The first-order valence-corrected chi connectivity index (χ1v) is 7.09. The molecule has 1 aromatic heterocycles. The van der Waals surface area contributed by atoms with Crippen LogP contribution in [0.5, 0.6) is 5.75 Å². The molecule has 1 aliphatic rings.